The van der Waals surface area contributed by atoms with Crippen LogP contribution >= 0.6 is 27.5 Å². The molecule has 1 heterocycles. The summed E-state index contributed by atoms with van der Waals surface area (Å²) >= 11 is 9.85. The van der Waals surface area contributed by atoms with Crippen LogP contribution in [-0.2, 0) is 9.59 Å². The molecule has 1 aliphatic heterocycles. The zero-order chi connectivity index (χ0) is 19.8. The summed E-state index contributed by atoms with van der Waals surface area (Å²) in [7, 11) is 1.61. The minimum Gasteiger partial charge on any atom is -0.496 e. The van der Waals surface area contributed by atoms with Crippen molar-refractivity contribution in [1.29, 1.82) is 0 Å². The number of hydrogen-bond acceptors (Lipinski definition) is 3. The minimum atomic E-state index is -0.295. The lowest BCUT2D eigenvalue weighted by atomic mass is 9.77. The first-order valence-electron chi connectivity index (χ1n) is 9.18. The number of amides is 1. The van der Waals surface area contributed by atoms with Gasteiger partial charge in [0.1, 0.15) is 5.75 Å². The van der Waals surface area contributed by atoms with Gasteiger partial charge in [-0.1, -0.05) is 45.7 Å². The highest BCUT2D eigenvalue weighted by molar-refractivity contribution is 9.10. The molecule has 1 amide bonds. The molecule has 1 atom stereocenters. The highest BCUT2D eigenvalue weighted by Gasteiger charge is 2.41. The molecule has 6 heteroatoms. The van der Waals surface area contributed by atoms with E-state index in [1.807, 2.05) is 36.4 Å². The molecule has 2 aromatic carbocycles. The van der Waals surface area contributed by atoms with Gasteiger partial charge in [0.05, 0.1) is 17.8 Å². The van der Waals surface area contributed by atoms with Crippen LogP contribution in [0.2, 0.25) is 5.02 Å². The Bertz CT molecular complexity index is 1000. The number of anilines is 1. The lowest BCUT2D eigenvalue weighted by molar-refractivity contribution is -0.119. The van der Waals surface area contributed by atoms with Gasteiger partial charge in [-0.3, -0.25) is 14.5 Å². The number of allylic oxidation sites excluding steroid dienone is 2. The SMILES string of the molecule is COc1ccccc1C1CC(=O)N(c2ccc(Br)cc2Cl)C2=C1C(=O)CCC2. The molecule has 0 aromatic heterocycles. The number of methoxy groups -OCH3 is 1. The fourth-order valence-electron chi connectivity index (χ4n) is 4.15. The van der Waals surface area contributed by atoms with Crippen LogP contribution in [-0.4, -0.2) is 18.8 Å². The van der Waals surface area contributed by atoms with Gasteiger partial charge < -0.3 is 4.74 Å². The van der Waals surface area contributed by atoms with E-state index >= 15 is 0 Å². The normalized spacial score (nSPS) is 19.7. The highest BCUT2D eigenvalue weighted by Crippen LogP contribution is 2.46. The Kier molecular flexibility index (Phi) is 5.30. The lowest BCUT2D eigenvalue weighted by Crippen LogP contribution is -2.40. The van der Waals surface area contributed by atoms with Crippen molar-refractivity contribution >= 4 is 44.9 Å². The number of benzene rings is 2. The molecule has 0 N–H and O–H groups in total. The maximum absolute atomic E-state index is 13.2. The maximum atomic E-state index is 13.2. The number of nitrogens with zero attached hydrogens (tertiary/aromatic N) is 1. The predicted octanol–water partition coefficient (Wildman–Crippen LogP) is 5.64. The Balaban J connectivity index is 1.90. The number of ketones is 1. The van der Waals surface area contributed by atoms with Crippen molar-refractivity contribution in [3.8, 4) is 5.75 Å². The fourth-order valence-corrected chi connectivity index (χ4v) is 4.91. The van der Waals surface area contributed by atoms with Gasteiger partial charge in [0.2, 0.25) is 5.91 Å². The average molecular weight is 461 g/mol. The summed E-state index contributed by atoms with van der Waals surface area (Å²) in [6.07, 6.45) is 2.11. The summed E-state index contributed by atoms with van der Waals surface area (Å²) in [6, 6.07) is 13.0. The van der Waals surface area contributed by atoms with Crippen molar-refractivity contribution in [2.75, 3.05) is 12.0 Å². The van der Waals surface area contributed by atoms with Crippen molar-refractivity contribution in [3.05, 3.63) is 68.8 Å². The number of carbonyl (C=O) groups excluding carboxylic acids is 2. The summed E-state index contributed by atoms with van der Waals surface area (Å²) < 4.78 is 6.35. The van der Waals surface area contributed by atoms with Crippen LogP contribution in [0.25, 0.3) is 0 Å². The van der Waals surface area contributed by atoms with E-state index in [-0.39, 0.29) is 24.0 Å². The van der Waals surface area contributed by atoms with E-state index in [0.29, 0.717) is 34.9 Å². The van der Waals surface area contributed by atoms with Gasteiger partial charge in [0, 0.05) is 40.1 Å². The average Bonchev–Trinajstić information content (AvgIpc) is 2.68. The summed E-state index contributed by atoms with van der Waals surface area (Å²) in [5, 5.41) is 0.475. The number of rotatable bonds is 3. The molecule has 0 saturated heterocycles. The topological polar surface area (TPSA) is 46.6 Å². The second kappa shape index (κ2) is 7.72. The van der Waals surface area contributed by atoms with Gasteiger partial charge in [0.25, 0.3) is 0 Å². The Morgan fingerprint density at radius 3 is 2.68 bits per heavy atom. The summed E-state index contributed by atoms with van der Waals surface area (Å²) in [6.45, 7) is 0. The third kappa shape index (κ3) is 3.27. The van der Waals surface area contributed by atoms with E-state index in [0.717, 1.165) is 22.2 Å². The molecule has 1 unspecified atom stereocenters. The minimum absolute atomic E-state index is 0.0615. The Labute approximate surface area is 177 Å². The second-order valence-electron chi connectivity index (χ2n) is 6.96. The molecular formula is C22H19BrClNO3. The van der Waals surface area contributed by atoms with Gasteiger partial charge in [-0.2, -0.15) is 0 Å². The third-order valence-corrected chi connectivity index (χ3v) is 6.14. The first kappa shape index (κ1) is 19.2. The van der Waals surface area contributed by atoms with Gasteiger partial charge in [-0.05, 0) is 37.1 Å². The van der Waals surface area contributed by atoms with Gasteiger partial charge in [-0.25, -0.2) is 0 Å². The van der Waals surface area contributed by atoms with E-state index in [1.165, 1.54) is 0 Å². The molecule has 4 rings (SSSR count). The van der Waals surface area contributed by atoms with E-state index in [4.69, 9.17) is 16.3 Å². The number of ether oxygens (including phenoxy) is 1. The molecule has 0 radical (unpaired) electrons. The number of carbonyl (C=O) groups is 2. The molecule has 0 bridgehead atoms. The first-order chi connectivity index (χ1) is 13.5. The van der Waals surface area contributed by atoms with Crippen molar-refractivity contribution in [3.63, 3.8) is 0 Å². The van der Waals surface area contributed by atoms with Crippen molar-refractivity contribution in [2.24, 2.45) is 0 Å². The van der Waals surface area contributed by atoms with Gasteiger partial charge in [0.15, 0.2) is 5.78 Å². The number of para-hydroxylation sites is 1. The van der Waals surface area contributed by atoms with E-state index in [2.05, 4.69) is 15.9 Å². The van der Waals surface area contributed by atoms with Crippen molar-refractivity contribution in [1.82, 2.24) is 0 Å². The van der Waals surface area contributed by atoms with Crippen LogP contribution in [0.15, 0.2) is 58.2 Å². The fraction of sp³-hybridized carbons (Fsp3) is 0.273. The summed E-state index contributed by atoms with van der Waals surface area (Å²) in [5.41, 5.74) is 2.99. The Morgan fingerprint density at radius 1 is 1.14 bits per heavy atom. The molecular weight excluding hydrogens is 442 g/mol. The molecule has 4 nitrogen and oxygen atoms in total. The van der Waals surface area contributed by atoms with Crippen molar-refractivity contribution < 1.29 is 14.3 Å². The van der Waals surface area contributed by atoms with E-state index in [9.17, 15) is 9.59 Å². The largest absolute Gasteiger partial charge is 0.496 e. The van der Waals surface area contributed by atoms with Gasteiger partial charge in [-0.15, -0.1) is 0 Å². The molecule has 1 aliphatic carbocycles. The smallest absolute Gasteiger partial charge is 0.232 e. The molecule has 0 fully saturated rings. The monoisotopic (exact) mass is 459 g/mol. The zero-order valence-corrected chi connectivity index (χ0v) is 17.7. The molecule has 0 spiro atoms. The van der Waals surface area contributed by atoms with Crippen LogP contribution in [0, 0.1) is 0 Å². The molecule has 0 saturated carbocycles. The number of halogens is 2. The third-order valence-electron chi connectivity index (χ3n) is 5.34. The maximum Gasteiger partial charge on any atom is 0.232 e. The molecule has 2 aromatic rings. The van der Waals surface area contributed by atoms with E-state index < -0.39 is 0 Å². The molecule has 28 heavy (non-hydrogen) atoms. The van der Waals surface area contributed by atoms with Crippen LogP contribution in [0.1, 0.15) is 37.2 Å². The van der Waals surface area contributed by atoms with E-state index in [1.54, 1.807) is 18.1 Å². The summed E-state index contributed by atoms with van der Waals surface area (Å²) in [4.78, 5) is 27.8. The van der Waals surface area contributed by atoms with Crippen LogP contribution in [0.4, 0.5) is 5.69 Å². The zero-order valence-electron chi connectivity index (χ0n) is 15.4. The van der Waals surface area contributed by atoms with Crippen LogP contribution in [0.3, 0.4) is 0 Å². The number of Topliss-reactive ketones (excluding diaryl/α,β-unsaturated/α-hetero) is 1. The van der Waals surface area contributed by atoms with Gasteiger partial charge >= 0.3 is 0 Å². The Hall–Kier alpha value is -2.11. The highest BCUT2D eigenvalue weighted by atomic mass is 79.9. The number of hydrogen-bond donors (Lipinski definition) is 0. The quantitative estimate of drug-likeness (QED) is 0.595. The molecule has 144 valence electrons. The van der Waals surface area contributed by atoms with Crippen molar-refractivity contribution in [2.45, 2.75) is 31.6 Å². The molecule has 2 aliphatic rings. The lowest BCUT2D eigenvalue weighted by Gasteiger charge is -2.39. The first-order valence-corrected chi connectivity index (χ1v) is 10.4. The summed E-state index contributed by atoms with van der Waals surface area (Å²) in [5.74, 6) is 0.439. The van der Waals surface area contributed by atoms with Crippen LogP contribution < -0.4 is 9.64 Å². The predicted molar refractivity (Wildman–Crippen MR) is 113 cm³/mol. The second-order valence-corrected chi connectivity index (χ2v) is 8.28. The van der Waals surface area contributed by atoms with Crippen LogP contribution in [0.5, 0.6) is 5.75 Å². The Morgan fingerprint density at radius 2 is 1.93 bits per heavy atom. The standard InChI is InChI=1S/C22H19BrClNO3/c1-28-20-8-3-2-5-14(20)15-12-21(27)25(17-10-9-13(23)11-16(17)24)18-6-4-7-19(26)22(15)18/h2-3,5,8-11,15H,4,6-7,12H2,1H3.